The minimum Gasteiger partial charge on any atom is -0.465 e. The van der Waals surface area contributed by atoms with Gasteiger partial charge >= 0.3 is 5.97 Å². The van der Waals surface area contributed by atoms with E-state index in [4.69, 9.17) is 16.3 Å². The summed E-state index contributed by atoms with van der Waals surface area (Å²) in [7, 11) is 1.37. The third kappa shape index (κ3) is 3.91. The summed E-state index contributed by atoms with van der Waals surface area (Å²) in [5.41, 5.74) is 1.36. The topological polar surface area (TPSA) is 38.3 Å². The van der Waals surface area contributed by atoms with Crippen LogP contribution in [0.4, 0.5) is 5.69 Å². The first-order valence-corrected chi connectivity index (χ1v) is 8.05. The fourth-order valence-electron chi connectivity index (χ4n) is 3.23. The van der Waals surface area contributed by atoms with Gasteiger partial charge < -0.3 is 10.1 Å². The molecule has 0 bridgehead atoms. The van der Waals surface area contributed by atoms with Gasteiger partial charge in [-0.15, -0.1) is 0 Å². The number of ether oxygens (including phenoxy) is 1. The van der Waals surface area contributed by atoms with Gasteiger partial charge in [0.25, 0.3) is 0 Å². The molecule has 2 atom stereocenters. The second kappa shape index (κ2) is 7.17. The Hall–Kier alpha value is -1.22. The van der Waals surface area contributed by atoms with E-state index in [9.17, 15) is 4.79 Å². The predicted molar refractivity (Wildman–Crippen MR) is 87.0 cm³/mol. The Bertz CT molecular complexity index is 502. The molecule has 0 radical (unpaired) electrons. The number of carbonyl (C=O) groups excluding carboxylic acids is 1. The number of hydrogen-bond donors (Lipinski definition) is 1. The third-order valence-corrected chi connectivity index (χ3v) is 4.73. The van der Waals surface area contributed by atoms with Crippen LogP contribution in [-0.2, 0) is 4.74 Å². The molecule has 2 rings (SSSR count). The minimum absolute atomic E-state index is 0.396. The van der Waals surface area contributed by atoms with Crippen molar-refractivity contribution >= 4 is 23.3 Å². The second-order valence-corrected chi connectivity index (χ2v) is 6.54. The van der Waals surface area contributed by atoms with Crippen molar-refractivity contribution in [3.8, 4) is 0 Å². The largest absolute Gasteiger partial charge is 0.465 e. The van der Waals surface area contributed by atoms with E-state index in [2.05, 4.69) is 19.2 Å². The second-order valence-electron chi connectivity index (χ2n) is 6.13. The van der Waals surface area contributed by atoms with E-state index in [1.807, 2.05) is 6.07 Å². The molecule has 4 heteroatoms. The van der Waals surface area contributed by atoms with E-state index in [0.717, 1.165) is 5.69 Å². The maximum absolute atomic E-state index is 11.7. The van der Waals surface area contributed by atoms with Crippen LogP contribution < -0.4 is 5.32 Å². The first-order valence-electron chi connectivity index (χ1n) is 7.67. The molecule has 1 aromatic carbocycles. The van der Waals surface area contributed by atoms with Crippen molar-refractivity contribution in [2.75, 3.05) is 12.4 Å². The van der Waals surface area contributed by atoms with Gasteiger partial charge in [0.05, 0.1) is 17.7 Å². The van der Waals surface area contributed by atoms with Crippen molar-refractivity contribution in [3.63, 3.8) is 0 Å². The van der Waals surface area contributed by atoms with Crippen LogP contribution in [0.5, 0.6) is 0 Å². The molecule has 0 heterocycles. The average molecular weight is 310 g/mol. The number of methoxy groups -OCH3 is 1. The van der Waals surface area contributed by atoms with Gasteiger partial charge in [-0.25, -0.2) is 4.79 Å². The Morgan fingerprint density at radius 3 is 2.71 bits per heavy atom. The number of benzene rings is 1. The summed E-state index contributed by atoms with van der Waals surface area (Å²) in [6, 6.07) is 5.94. The van der Waals surface area contributed by atoms with Crippen molar-refractivity contribution in [2.45, 2.75) is 45.6 Å². The zero-order valence-corrected chi connectivity index (χ0v) is 13.7. The van der Waals surface area contributed by atoms with Gasteiger partial charge in [0.15, 0.2) is 0 Å². The number of halogens is 1. The number of anilines is 1. The van der Waals surface area contributed by atoms with E-state index in [1.165, 1.54) is 32.8 Å². The van der Waals surface area contributed by atoms with Crippen molar-refractivity contribution in [3.05, 3.63) is 28.8 Å². The lowest BCUT2D eigenvalue weighted by Gasteiger charge is -2.35. The fourth-order valence-corrected chi connectivity index (χ4v) is 3.43. The molecule has 0 spiro atoms. The molecule has 1 aromatic rings. The Labute approximate surface area is 132 Å². The Kier molecular flexibility index (Phi) is 5.51. The molecule has 0 saturated heterocycles. The molecule has 0 amide bonds. The molecule has 1 aliphatic carbocycles. The molecule has 2 unspecified atom stereocenters. The van der Waals surface area contributed by atoms with Gasteiger partial charge in [0.2, 0.25) is 0 Å². The molecule has 3 nitrogen and oxygen atoms in total. The lowest BCUT2D eigenvalue weighted by molar-refractivity contribution is 0.0601. The van der Waals surface area contributed by atoms with Crippen LogP contribution in [0, 0.1) is 11.8 Å². The Morgan fingerprint density at radius 1 is 1.33 bits per heavy atom. The minimum atomic E-state index is -0.396. The van der Waals surface area contributed by atoms with Crippen molar-refractivity contribution in [1.29, 1.82) is 0 Å². The van der Waals surface area contributed by atoms with Crippen LogP contribution in [0.25, 0.3) is 0 Å². The van der Waals surface area contributed by atoms with Crippen molar-refractivity contribution < 1.29 is 9.53 Å². The third-order valence-electron chi connectivity index (χ3n) is 4.40. The lowest BCUT2D eigenvalue weighted by Crippen LogP contribution is -2.35. The maximum Gasteiger partial charge on any atom is 0.339 e. The molecule has 0 aliphatic heterocycles. The summed E-state index contributed by atoms with van der Waals surface area (Å²) in [5, 5.41) is 4.02. The predicted octanol–water partition coefficient (Wildman–Crippen LogP) is 4.75. The monoisotopic (exact) mass is 309 g/mol. The fraction of sp³-hybridized carbons (Fsp3) is 0.588. The van der Waals surface area contributed by atoms with E-state index in [1.54, 1.807) is 12.1 Å². The standard InChI is InChI=1S/C17H24ClNO2/c1-11(2)13-6-4-5-7-16(13)19-12-8-9-15(18)14(10-12)17(20)21-3/h8-11,13,16,19H,4-7H2,1-3H3. The summed E-state index contributed by atoms with van der Waals surface area (Å²) < 4.78 is 4.77. The summed E-state index contributed by atoms with van der Waals surface area (Å²) in [6.45, 7) is 4.57. The van der Waals surface area contributed by atoms with Gasteiger partial charge in [0.1, 0.15) is 0 Å². The van der Waals surface area contributed by atoms with E-state index >= 15 is 0 Å². The van der Waals surface area contributed by atoms with Crippen molar-refractivity contribution in [2.24, 2.45) is 11.8 Å². The van der Waals surface area contributed by atoms with Gasteiger partial charge in [0, 0.05) is 11.7 Å². The highest BCUT2D eigenvalue weighted by atomic mass is 35.5. The van der Waals surface area contributed by atoms with E-state index in [0.29, 0.717) is 28.5 Å². The van der Waals surface area contributed by atoms with Crippen LogP contribution in [-0.4, -0.2) is 19.1 Å². The van der Waals surface area contributed by atoms with Crippen LogP contribution >= 0.6 is 11.6 Å². The van der Waals surface area contributed by atoms with Gasteiger partial charge in [-0.2, -0.15) is 0 Å². The van der Waals surface area contributed by atoms with Crippen LogP contribution in [0.3, 0.4) is 0 Å². The van der Waals surface area contributed by atoms with Gasteiger partial charge in [-0.05, 0) is 42.9 Å². The van der Waals surface area contributed by atoms with Crippen LogP contribution in [0.2, 0.25) is 5.02 Å². The summed E-state index contributed by atoms with van der Waals surface area (Å²) in [5.74, 6) is 0.943. The number of carbonyl (C=O) groups is 1. The summed E-state index contributed by atoms with van der Waals surface area (Å²) in [4.78, 5) is 11.7. The van der Waals surface area contributed by atoms with E-state index in [-0.39, 0.29) is 0 Å². The van der Waals surface area contributed by atoms with Gasteiger partial charge in [-0.3, -0.25) is 0 Å². The quantitative estimate of drug-likeness (QED) is 0.815. The van der Waals surface area contributed by atoms with Crippen LogP contribution in [0.1, 0.15) is 49.9 Å². The molecule has 116 valence electrons. The Morgan fingerprint density at radius 2 is 2.05 bits per heavy atom. The van der Waals surface area contributed by atoms with E-state index < -0.39 is 5.97 Å². The highest BCUT2D eigenvalue weighted by Crippen LogP contribution is 2.33. The molecular weight excluding hydrogens is 286 g/mol. The normalized spacial score (nSPS) is 22.1. The number of esters is 1. The first-order chi connectivity index (χ1) is 10.0. The van der Waals surface area contributed by atoms with Gasteiger partial charge in [-0.1, -0.05) is 38.3 Å². The number of rotatable bonds is 4. The molecule has 1 fully saturated rings. The number of hydrogen-bond acceptors (Lipinski definition) is 3. The summed E-state index contributed by atoms with van der Waals surface area (Å²) in [6.07, 6.45) is 5.03. The van der Waals surface area contributed by atoms with Crippen LogP contribution in [0.15, 0.2) is 18.2 Å². The maximum atomic E-state index is 11.7. The lowest BCUT2D eigenvalue weighted by atomic mass is 9.78. The zero-order valence-electron chi connectivity index (χ0n) is 13.0. The molecule has 1 saturated carbocycles. The molecule has 1 aliphatic rings. The molecule has 0 aromatic heterocycles. The molecule has 21 heavy (non-hydrogen) atoms. The highest BCUT2D eigenvalue weighted by Gasteiger charge is 2.27. The van der Waals surface area contributed by atoms with Crippen molar-refractivity contribution in [1.82, 2.24) is 0 Å². The highest BCUT2D eigenvalue weighted by molar-refractivity contribution is 6.33. The zero-order chi connectivity index (χ0) is 15.4. The Balaban J connectivity index is 2.16. The average Bonchev–Trinajstić information content (AvgIpc) is 2.48. The SMILES string of the molecule is COC(=O)c1cc(NC2CCCCC2C(C)C)ccc1Cl. The molecule has 1 N–H and O–H groups in total. The smallest absolute Gasteiger partial charge is 0.339 e. The number of nitrogens with one attached hydrogen (secondary N) is 1. The molecular formula is C17H24ClNO2. The first kappa shape index (κ1) is 16.2. The summed E-state index contributed by atoms with van der Waals surface area (Å²) >= 11 is 6.06.